The Bertz CT molecular complexity index is 397. The summed E-state index contributed by atoms with van der Waals surface area (Å²) in [5.41, 5.74) is 1.45. The van der Waals surface area contributed by atoms with Gasteiger partial charge in [-0.3, -0.25) is 9.48 Å². The van der Waals surface area contributed by atoms with Crippen molar-refractivity contribution >= 4 is 5.91 Å². The van der Waals surface area contributed by atoms with Crippen molar-refractivity contribution < 1.29 is 4.79 Å². The molecule has 0 fully saturated rings. The van der Waals surface area contributed by atoms with E-state index in [1.54, 1.807) is 10.9 Å². The van der Waals surface area contributed by atoms with Gasteiger partial charge in [0.2, 0.25) is 5.91 Å². The van der Waals surface area contributed by atoms with Crippen molar-refractivity contribution in [1.82, 2.24) is 20.4 Å². The first-order valence-electron chi connectivity index (χ1n) is 6.47. The lowest BCUT2D eigenvalue weighted by Crippen LogP contribution is -2.27. The first-order valence-corrected chi connectivity index (χ1v) is 6.47. The van der Waals surface area contributed by atoms with E-state index >= 15 is 0 Å². The number of carbonyl (C=O) groups excluding carboxylic acids is 1. The minimum absolute atomic E-state index is 0.0973. The van der Waals surface area contributed by atoms with Crippen LogP contribution < -0.4 is 10.6 Å². The summed E-state index contributed by atoms with van der Waals surface area (Å²) in [4.78, 5) is 11.6. The molecule has 0 saturated carbocycles. The number of aromatic nitrogens is 2. The molecule has 0 radical (unpaired) electrons. The van der Waals surface area contributed by atoms with Crippen LogP contribution in [0.4, 0.5) is 0 Å². The van der Waals surface area contributed by atoms with Gasteiger partial charge in [-0.15, -0.1) is 0 Å². The molecule has 0 unspecified atom stereocenters. The van der Waals surface area contributed by atoms with E-state index in [1.165, 1.54) is 5.57 Å². The second-order valence-electron chi connectivity index (χ2n) is 4.44. The van der Waals surface area contributed by atoms with E-state index in [9.17, 15) is 4.79 Å². The van der Waals surface area contributed by atoms with E-state index in [1.807, 2.05) is 12.3 Å². The predicted molar refractivity (Wildman–Crippen MR) is 70.0 cm³/mol. The van der Waals surface area contributed by atoms with Gasteiger partial charge in [0.1, 0.15) is 0 Å². The number of carbonyl (C=O) groups is 1. The summed E-state index contributed by atoms with van der Waals surface area (Å²) >= 11 is 0. The number of hydrogen-bond acceptors (Lipinski definition) is 3. The van der Waals surface area contributed by atoms with Crippen molar-refractivity contribution in [3.8, 4) is 0 Å². The van der Waals surface area contributed by atoms with Gasteiger partial charge in [0, 0.05) is 38.4 Å². The zero-order chi connectivity index (χ0) is 12.6. The number of hydrogen-bond donors (Lipinski definition) is 2. The average molecular weight is 248 g/mol. The van der Waals surface area contributed by atoms with Crippen LogP contribution in [0.15, 0.2) is 30.1 Å². The monoisotopic (exact) mass is 248 g/mol. The minimum Gasteiger partial charge on any atom is -0.356 e. The van der Waals surface area contributed by atoms with Crippen LogP contribution in [0.1, 0.15) is 19.3 Å². The molecule has 1 amide bonds. The summed E-state index contributed by atoms with van der Waals surface area (Å²) in [7, 11) is 0. The zero-order valence-electron chi connectivity index (χ0n) is 10.6. The SMILES string of the molecule is O=C(CCn1cccn1)NCCC1=CCNCC1. The van der Waals surface area contributed by atoms with Gasteiger partial charge in [-0.25, -0.2) is 0 Å². The molecular weight excluding hydrogens is 228 g/mol. The minimum atomic E-state index is 0.0973. The van der Waals surface area contributed by atoms with Crippen molar-refractivity contribution in [3.63, 3.8) is 0 Å². The van der Waals surface area contributed by atoms with Crippen LogP contribution in [0.3, 0.4) is 0 Å². The fourth-order valence-electron chi connectivity index (χ4n) is 2.00. The van der Waals surface area contributed by atoms with Crippen molar-refractivity contribution in [2.45, 2.75) is 25.8 Å². The fourth-order valence-corrected chi connectivity index (χ4v) is 2.00. The van der Waals surface area contributed by atoms with Gasteiger partial charge in [-0.2, -0.15) is 5.10 Å². The molecule has 5 nitrogen and oxygen atoms in total. The van der Waals surface area contributed by atoms with Gasteiger partial charge in [0.05, 0.1) is 0 Å². The van der Waals surface area contributed by atoms with Crippen LogP contribution in [0.5, 0.6) is 0 Å². The maximum absolute atomic E-state index is 11.6. The molecule has 18 heavy (non-hydrogen) atoms. The van der Waals surface area contributed by atoms with Crippen LogP contribution >= 0.6 is 0 Å². The Hall–Kier alpha value is -1.62. The Morgan fingerprint density at radius 3 is 3.22 bits per heavy atom. The van der Waals surface area contributed by atoms with E-state index in [-0.39, 0.29) is 5.91 Å². The van der Waals surface area contributed by atoms with Crippen molar-refractivity contribution in [1.29, 1.82) is 0 Å². The molecule has 0 atom stereocenters. The van der Waals surface area contributed by atoms with E-state index in [4.69, 9.17) is 0 Å². The summed E-state index contributed by atoms with van der Waals surface area (Å²) < 4.78 is 1.77. The van der Waals surface area contributed by atoms with Gasteiger partial charge in [-0.05, 0) is 25.5 Å². The van der Waals surface area contributed by atoms with Gasteiger partial charge < -0.3 is 10.6 Å². The normalized spacial score (nSPS) is 15.2. The zero-order valence-corrected chi connectivity index (χ0v) is 10.6. The van der Waals surface area contributed by atoms with Gasteiger partial charge in [0.15, 0.2) is 0 Å². The third-order valence-corrected chi connectivity index (χ3v) is 3.05. The number of amides is 1. The Morgan fingerprint density at radius 1 is 1.56 bits per heavy atom. The Balaban J connectivity index is 1.58. The molecule has 2 N–H and O–H groups in total. The third kappa shape index (κ3) is 4.33. The first-order chi connectivity index (χ1) is 8.84. The highest BCUT2D eigenvalue weighted by Crippen LogP contribution is 2.07. The summed E-state index contributed by atoms with van der Waals surface area (Å²) in [6.07, 6.45) is 8.37. The standard InChI is InChI=1S/C13H20N4O/c18-13(5-11-17-10-1-6-16-17)15-9-4-12-2-7-14-8-3-12/h1-2,6,10,14H,3-5,7-9,11H2,(H,15,18). The Morgan fingerprint density at radius 2 is 2.50 bits per heavy atom. The maximum Gasteiger partial charge on any atom is 0.221 e. The molecular formula is C13H20N4O. The largest absolute Gasteiger partial charge is 0.356 e. The summed E-state index contributed by atoms with van der Waals surface area (Å²) in [5.74, 6) is 0.0973. The molecule has 2 heterocycles. The third-order valence-electron chi connectivity index (χ3n) is 3.05. The molecule has 1 aliphatic heterocycles. The predicted octanol–water partition coefficient (Wildman–Crippen LogP) is 0.699. The highest BCUT2D eigenvalue weighted by Gasteiger charge is 2.04. The smallest absolute Gasteiger partial charge is 0.221 e. The van der Waals surface area contributed by atoms with Gasteiger partial charge in [-0.1, -0.05) is 11.6 Å². The number of nitrogens with one attached hydrogen (secondary N) is 2. The average Bonchev–Trinajstić information content (AvgIpc) is 2.91. The number of aryl methyl sites for hydroxylation is 1. The summed E-state index contributed by atoms with van der Waals surface area (Å²) in [6.45, 7) is 3.40. The van der Waals surface area contributed by atoms with E-state index in [0.717, 1.165) is 32.5 Å². The molecule has 1 aliphatic rings. The Kier molecular flexibility index (Phi) is 4.96. The van der Waals surface area contributed by atoms with Crippen LogP contribution in [0, 0.1) is 0 Å². The lowest BCUT2D eigenvalue weighted by atomic mass is 10.1. The molecule has 98 valence electrons. The molecule has 0 spiro atoms. The van der Waals surface area contributed by atoms with E-state index in [2.05, 4.69) is 21.8 Å². The van der Waals surface area contributed by atoms with E-state index < -0.39 is 0 Å². The lowest BCUT2D eigenvalue weighted by molar-refractivity contribution is -0.121. The summed E-state index contributed by atoms with van der Waals surface area (Å²) in [5, 5.41) is 10.3. The maximum atomic E-state index is 11.6. The topological polar surface area (TPSA) is 59.0 Å². The van der Waals surface area contributed by atoms with Crippen molar-refractivity contribution in [2.24, 2.45) is 0 Å². The van der Waals surface area contributed by atoms with Crippen LogP contribution in [-0.4, -0.2) is 35.3 Å². The first kappa shape index (κ1) is 12.8. The highest BCUT2D eigenvalue weighted by atomic mass is 16.1. The van der Waals surface area contributed by atoms with Gasteiger partial charge in [0.25, 0.3) is 0 Å². The number of nitrogens with zero attached hydrogens (tertiary/aromatic N) is 2. The molecule has 0 aromatic carbocycles. The second-order valence-corrected chi connectivity index (χ2v) is 4.44. The van der Waals surface area contributed by atoms with Gasteiger partial charge >= 0.3 is 0 Å². The van der Waals surface area contributed by atoms with Crippen LogP contribution in [0.25, 0.3) is 0 Å². The van der Waals surface area contributed by atoms with Crippen molar-refractivity contribution in [3.05, 3.63) is 30.1 Å². The van der Waals surface area contributed by atoms with Crippen molar-refractivity contribution in [2.75, 3.05) is 19.6 Å². The molecule has 0 bridgehead atoms. The quantitative estimate of drug-likeness (QED) is 0.729. The molecule has 0 aliphatic carbocycles. The fraction of sp³-hybridized carbons (Fsp3) is 0.538. The summed E-state index contributed by atoms with van der Waals surface area (Å²) in [6, 6.07) is 1.86. The molecule has 0 saturated heterocycles. The molecule has 5 heteroatoms. The molecule has 2 rings (SSSR count). The van der Waals surface area contributed by atoms with E-state index in [0.29, 0.717) is 13.0 Å². The molecule has 1 aromatic rings. The molecule has 1 aromatic heterocycles. The van der Waals surface area contributed by atoms with Crippen LogP contribution in [-0.2, 0) is 11.3 Å². The second kappa shape index (κ2) is 6.96. The Labute approximate surface area is 107 Å². The highest BCUT2D eigenvalue weighted by molar-refractivity contribution is 5.75. The lowest BCUT2D eigenvalue weighted by Gasteiger charge is -2.14. The van der Waals surface area contributed by atoms with Crippen LogP contribution in [0.2, 0.25) is 0 Å². The number of rotatable bonds is 6.